The lowest BCUT2D eigenvalue weighted by Gasteiger charge is -2.28. The second kappa shape index (κ2) is 7.17. The number of nitrogens with zero attached hydrogens (tertiary/aromatic N) is 1. The van der Waals surface area contributed by atoms with Crippen LogP contribution < -0.4 is 0 Å². The van der Waals surface area contributed by atoms with Crippen molar-refractivity contribution in [2.75, 3.05) is 13.6 Å². The van der Waals surface area contributed by atoms with Gasteiger partial charge in [0.15, 0.2) is 0 Å². The van der Waals surface area contributed by atoms with E-state index < -0.39 is 11.9 Å². The maximum atomic E-state index is 11.4. The summed E-state index contributed by atoms with van der Waals surface area (Å²) in [7, 11) is 2.01. The molecule has 0 heterocycles. The van der Waals surface area contributed by atoms with Gasteiger partial charge in [-0.05, 0) is 25.5 Å². The molecule has 1 N–H and O–H groups in total. The van der Waals surface area contributed by atoms with Crippen molar-refractivity contribution < 1.29 is 9.90 Å². The lowest BCUT2D eigenvalue weighted by molar-refractivity contribution is -0.139. The first-order chi connectivity index (χ1) is 8.60. The van der Waals surface area contributed by atoms with E-state index in [4.69, 9.17) is 0 Å². The number of benzene rings is 1. The standard InChI is InChI=1S/C15H23NO2/c1-4-13(5-2)16(3)11-14(15(17)18)12-9-7-6-8-10-12/h6-10,13-14H,4-5,11H2,1-3H3,(H,17,18). The molecule has 1 aromatic rings. The summed E-state index contributed by atoms with van der Waals surface area (Å²) in [5, 5.41) is 9.38. The summed E-state index contributed by atoms with van der Waals surface area (Å²) in [6.07, 6.45) is 2.10. The molecule has 0 saturated heterocycles. The van der Waals surface area contributed by atoms with Gasteiger partial charge in [-0.2, -0.15) is 0 Å². The van der Waals surface area contributed by atoms with Crippen molar-refractivity contribution in [1.82, 2.24) is 4.90 Å². The van der Waals surface area contributed by atoms with Gasteiger partial charge in [-0.3, -0.25) is 4.79 Å². The molecule has 0 aliphatic heterocycles. The van der Waals surface area contributed by atoms with Crippen molar-refractivity contribution in [3.63, 3.8) is 0 Å². The quantitative estimate of drug-likeness (QED) is 0.807. The Bertz CT molecular complexity index is 360. The van der Waals surface area contributed by atoms with Crippen LogP contribution in [-0.2, 0) is 4.79 Å². The molecular formula is C15H23NO2. The molecule has 1 atom stereocenters. The zero-order chi connectivity index (χ0) is 13.5. The van der Waals surface area contributed by atoms with Crippen molar-refractivity contribution in [2.45, 2.75) is 38.6 Å². The van der Waals surface area contributed by atoms with Crippen LogP contribution in [0, 0.1) is 0 Å². The van der Waals surface area contributed by atoms with E-state index in [9.17, 15) is 9.90 Å². The van der Waals surface area contributed by atoms with Crippen LogP contribution in [0.25, 0.3) is 0 Å². The number of hydrogen-bond donors (Lipinski definition) is 1. The summed E-state index contributed by atoms with van der Waals surface area (Å²) in [6.45, 7) is 4.84. The lowest BCUT2D eigenvalue weighted by Crippen LogP contribution is -2.36. The van der Waals surface area contributed by atoms with Gasteiger partial charge in [0, 0.05) is 12.6 Å². The Morgan fingerprint density at radius 2 is 1.78 bits per heavy atom. The molecule has 1 rings (SSSR count). The number of aliphatic carboxylic acids is 1. The first-order valence-corrected chi connectivity index (χ1v) is 6.58. The predicted molar refractivity (Wildman–Crippen MR) is 73.8 cm³/mol. The second-order valence-electron chi connectivity index (χ2n) is 4.71. The largest absolute Gasteiger partial charge is 0.481 e. The minimum Gasteiger partial charge on any atom is -0.481 e. The fraction of sp³-hybridized carbons (Fsp3) is 0.533. The number of carboxylic acids is 1. The Balaban J connectivity index is 2.79. The van der Waals surface area contributed by atoms with Crippen molar-refractivity contribution in [2.24, 2.45) is 0 Å². The van der Waals surface area contributed by atoms with E-state index in [1.165, 1.54) is 0 Å². The van der Waals surface area contributed by atoms with Gasteiger partial charge >= 0.3 is 5.97 Å². The van der Waals surface area contributed by atoms with Gasteiger partial charge in [0.1, 0.15) is 0 Å². The third-order valence-corrected chi connectivity index (χ3v) is 3.54. The Kier molecular flexibility index (Phi) is 5.86. The topological polar surface area (TPSA) is 40.5 Å². The van der Waals surface area contributed by atoms with Crippen LogP contribution in [0.1, 0.15) is 38.2 Å². The van der Waals surface area contributed by atoms with Gasteiger partial charge in [0.05, 0.1) is 5.92 Å². The van der Waals surface area contributed by atoms with E-state index in [0.29, 0.717) is 12.6 Å². The minimum absolute atomic E-state index is 0.447. The molecule has 0 saturated carbocycles. The SMILES string of the molecule is CCC(CC)N(C)CC(C(=O)O)c1ccccc1. The van der Waals surface area contributed by atoms with Gasteiger partial charge in [0.2, 0.25) is 0 Å². The normalized spacial score (nSPS) is 12.9. The summed E-state index contributed by atoms with van der Waals surface area (Å²) < 4.78 is 0. The van der Waals surface area contributed by atoms with E-state index >= 15 is 0 Å². The van der Waals surface area contributed by atoms with Gasteiger partial charge in [-0.1, -0.05) is 44.2 Å². The maximum absolute atomic E-state index is 11.4. The lowest BCUT2D eigenvalue weighted by atomic mass is 9.97. The molecule has 0 amide bonds. The molecule has 100 valence electrons. The first kappa shape index (κ1) is 14.7. The monoisotopic (exact) mass is 249 g/mol. The summed E-state index contributed by atoms with van der Waals surface area (Å²) in [5.74, 6) is -1.20. The Hall–Kier alpha value is -1.35. The van der Waals surface area contributed by atoms with Crippen LogP contribution in [0.4, 0.5) is 0 Å². The van der Waals surface area contributed by atoms with Crippen molar-refractivity contribution >= 4 is 5.97 Å². The van der Waals surface area contributed by atoms with E-state index in [-0.39, 0.29) is 0 Å². The van der Waals surface area contributed by atoms with Gasteiger partial charge in [-0.25, -0.2) is 0 Å². The molecule has 3 nitrogen and oxygen atoms in total. The second-order valence-corrected chi connectivity index (χ2v) is 4.71. The molecule has 0 aromatic heterocycles. The number of likely N-dealkylation sites (N-methyl/N-ethyl adjacent to an activating group) is 1. The molecule has 0 aliphatic carbocycles. The molecule has 3 heteroatoms. The Labute approximate surface area is 109 Å². The number of hydrogen-bond acceptors (Lipinski definition) is 2. The van der Waals surface area contributed by atoms with Crippen molar-refractivity contribution in [3.8, 4) is 0 Å². The molecule has 1 unspecified atom stereocenters. The fourth-order valence-corrected chi connectivity index (χ4v) is 2.36. The van der Waals surface area contributed by atoms with E-state index in [2.05, 4.69) is 18.7 Å². The average molecular weight is 249 g/mol. The van der Waals surface area contributed by atoms with E-state index in [0.717, 1.165) is 18.4 Å². The van der Waals surface area contributed by atoms with Gasteiger partial charge in [0.25, 0.3) is 0 Å². The van der Waals surface area contributed by atoms with E-state index in [1.54, 1.807) is 0 Å². The summed E-state index contributed by atoms with van der Waals surface area (Å²) in [6, 6.07) is 9.92. The molecule has 1 aromatic carbocycles. The van der Waals surface area contributed by atoms with E-state index in [1.807, 2.05) is 37.4 Å². The van der Waals surface area contributed by atoms with Crippen LogP contribution in [0.15, 0.2) is 30.3 Å². The van der Waals surface area contributed by atoms with Crippen molar-refractivity contribution in [1.29, 1.82) is 0 Å². The fourth-order valence-electron chi connectivity index (χ4n) is 2.36. The highest BCUT2D eigenvalue weighted by Gasteiger charge is 2.23. The minimum atomic E-state index is -0.751. The molecule has 0 fully saturated rings. The molecule has 0 aliphatic rings. The third kappa shape index (κ3) is 3.84. The highest BCUT2D eigenvalue weighted by molar-refractivity contribution is 5.76. The number of rotatable bonds is 7. The van der Waals surface area contributed by atoms with Crippen LogP contribution in [0.3, 0.4) is 0 Å². The summed E-state index contributed by atoms with van der Waals surface area (Å²) in [5.41, 5.74) is 0.878. The smallest absolute Gasteiger partial charge is 0.312 e. The van der Waals surface area contributed by atoms with Gasteiger partial charge in [-0.15, -0.1) is 0 Å². The highest BCUT2D eigenvalue weighted by atomic mass is 16.4. The van der Waals surface area contributed by atoms with Gasteiger partial charge < -0.3 is 10.0 Å². The third-order valence-electron chi connectivity index (χ3n) is 3.54. The van der Waals surface area contributed by atoms with Crippen LogP contribution in [-0.4, -0.2) is 35.6 Å². The highest BCUT2D eigenvalue weighted by Crippen LogP contribution is 2.19. The molecule has 18 heavy (non-hydrogen) atoms. The van der Waals surface area contributed by atoms with Crippen LogP contribution in [0.2, 0.25) is 0 Å². The summed E-state index contributed by atoms with van der Waals surface area (Å²) >= 11 is 0. The zero-order valence-electron chi connectivity index (χ0n) is 11.5. The molecule has 0 spiro atoms. The molecule has 0 bridgehead atoms. The molecular weight excluding hydrogens is 226 g/mol. The zero-order valence-corrected chi connectivity index (χ0v) is 11.5. The maximum Gasteiger partial charge on any atom is 0.312 e. The van der Waals surface area contributed by atoms with Crippen LogP contribution >= 0.6 is 0 Å². The van der Waals surface area contributed by atoms with Crippen molar-refractivity contribution in [3.05, 3.63) is 35.9 Å². The average Bonchev–Trinajstić information content (AvgIpc) is 2.38. The first-order valence-electron chi connectivity index (χ1n) is 6.58. The Morgan fingerprint density at radius 3 is 2.22 bits per heavy atom. The van der Waals surface area contributed by atoms with Crippen LogP contribution in [0.5, 0.6) is 0 Å². The number of carboxylic acid groups (broad SMARTS) is 1. The Morgan fingerprint density at radius 1 is 1.22 bits per heavy atom. The predicted octanol–water partition coefficient (Wildman–Crippen LogP) is 2.98. The summed E-state index contributed by atoms with van der Waals surface area (Å²) in [4.78, 5) is 13.6. The number of carbonyl (C=O) groups is 1. The molecule has 0 radical (unpaired) electrons.